The first kappa shape index (κ1) is 16.8. The van der Waals surface area contributed by atoms with E-state index in [0.29, 0.717) is 11.5 Å². The Morgan fingerprint density at radius 2 is 1.63 bits per heavy atom. The molecule has 0 unspecified atom stereocenters. The van der Waals surface area contributed by atoms with E-state index >= 15 is 0 Å². The van der Waals surface area contributed by atoms with Gasteiger partial charge in [-0.25, -0.2) is 0 Å². The summed E-state index contributed by atoms with van der Waals surface area (Å²) in [5.41, 5.74) is 2.38. The van der Waals surface area contributed by atoms with Crippen LogP contribution in [0.4, 0.5) is 14.6 Å². The van der Waals surface area contributed by atoms with Gasteiger partial charge in [-0.2, -0.15) is 8.78 Å². The van der Waals surface area contributed by atoms with Crippen LogP contribution in [0.1, 0.15) is 17.2 Å². The number of halogens is 2. The second-order valence-electron chi connectivity index (χ2n) is 5.68. The molecule has 9 heteroatoms. The van der Waals surface area contributed by atoms with E-state index in [4.69, 9.17) is 0 Å². The standard InChI is InChI=1S/C18H14F2N6O/c19-18(20)27-14-8-6-13(7-9-14)17(12-4-2-1-3-5-12)21-15-10-11-16-22-24-25-26(16)23-15/h1-11,17-18H,(H,21,23)/t17-/m1/s1. The van der Waals surface area contributed by atoms with Crippen molar-refractivity contribution >= 4 is 11.5 Å². The molecule has 0 aliphatic heterocycles. The first-order chi connectivity index (χ1) is 13.2. The molecule has 2 aromatic heterocycles. The van der Waals surface area contributed by atoms with Crippen LogP contribution in [-0.2, 0) is 0 Å². The quantitative estimate of drug-likeness (QED) is 0.563. The molecule has 4 aromatic rings. The van der Waals surface area contributed by atoms with Crippen molar-refractivity contribution < 1.29 is 13.5 Å². The van der Waals surface area contributed by atoms with Crippen molar-refractivity contribution in [3.8, 4) is 5.75 Å². The number of ether oxygens (including phenoxy) is 1. The number of hydrogen-bond donors (Lipinski definition) is 1. The fourth-order valence-electron chi connectivity index (χ4n) is 2.72. The Labute approximate surface area is 152 Å². The molecular formula is C18H14F2N6O. The average molecular weight is 368 g/mol. The minimum Gasteiger partial charge on any atom is -0.435 e. The molecule has 7 nitrogen and oxygen atoms in total. The number of nitrogens with one attached hydrogen (secondary N) is 1. The van der Waals surface area contributed by atoms with Crippen LogP contribution in [0.2, 0.25) is 0 Å². The second-order valence-corrected chi connectivity index (χ2v) is 5.68. The van der Waals surface area contributed by atoms with Crippen molar-refractivity contribution in [1.29, 1.82) is 0 Å². The van der Waals surface area contributed by atoms with Crippen molar-refractivity contribution in [2.75, 3.05) is 5.32 Å². The number of anilines is 1. The maximum Gasteiger partial charge on any atom is 0.387 e. The van der Waals surface area contributed by atoms with Crippen molar-refractivity contribution in [2.24, 2.45) is 0 Å². The highest BCUT2D eigenvalue weighted by Gasteiger charge is 2.16. The summed E-state index contributed by atoms with van der Waals surface area (Å²) in [6, 6.07) is 19.5. The molecule has 0 bridgehead atoms. The number of benzene rings is 2. The SMILES string of the molecule is FC(F)Oc1ccc([C@H](Nc2ccc3nnnn3n2)c2ccccc2)cc1. The number of alkyl halides is 2. The van der Waals surface area contributed by atoms with Gasteiger partial charge in [0, 0.05) is 0 Å². The van der Waals surface area contributed by atoms with Gasteiger partial charge < -0.3 is 10.1 Å². The van der Waals surface area contributed by atoms with Gasteiger partial charge in [-0.3, -0.25) is 0 Å². The number of hydrogen-bond acceptors (Lipinski definition) is 6. The summed E-state index contributed by atoms with van der Waals surface area (Å²) in [4.78, 5) is 0. The molecule has 2 aromatic carbocycles. The summed E-state index contributed by atoms with van der Waals surface area (Å²) in [6.07, 6.45) is 0. The molecule has 27 heavy (non-hydrogen) atoms. The van der Waals surface area contributed by atoms with Gasteiger partial charge in [0.2, 0.25) is 0 Å². The highest BCUT2D eigenvalue weighted by atomic mass is 19.3. The zero-order valence-electron chi connectivity index (χ0n) is 13.9. The molecule has 0 saturated heterocycles. The van der Waals surface area contributed by atoms with Gasteiger partial charge in [-0.15, -0.1) is 14.8 Å². The van der Waals surface area contributed by atoms with Crippen LogP contribution in [0.25, 0.3) is 5.65 Å². The maximum absolute atomic E-state index is 12.4. The van der Waals surface area contributed by atoms with E-state index in [1.807, 2.05) is 30.3 Å². The summed E-state index contributed by atoms with van der Waals surface area (Å²) in [6.45, 7) is -2.86. The number of aromatic nitrogens is 5. The maximum atomic E-state index is 12.4. The molecule has 4 rings (SSSR count). The van der Waals surface area contributed by atoms with Gasteiger partial charge in [0.25, 0.3) is 0 Å². The molecule has 0 fully saturated rings. The molecule has 136 valence electrons. The van der Waals surface area contributed by atoms with Crippen molar-refractivity contribution in [3.63, 3.8) is 0 Å². The summed E-state index contributed by atoms with van der Waals surface area (Å²) in [7, 11) is 0. The summed E-state index contributed by atoms with van der Waals surface area (Å²) in [5.74, 6) is 0.672. The van der Waals surface area contributed by atoms with Gasteiger partial charge in [-0.1, -0.05) is 42.5 Å². The molecule has 0 aliphatic carbocycles. The summed E-state index contributed by atoms with van der Waals surface area (Å²) < 4.78 is 30.5. The molecule has 0 spiro atoms. The van der Waals surface area contributed by atoms with Crippen LogP contribution in [-0.4, -0.2) is 31.9 Å². The zero-order chi connectivity index (χ0) is 18.6. The molecule has 0 aliphatic rings. The Hall–Kier alpha value is -3.62. The predicted octanol–water partition coefficient (Wildman–Crippen LogP) is 3.32. The van der Waals surface area contributed by atoms with Crippen molar-refractivity contribution in [3.05, 3.63) is 77.9 Å². The molecule has 1 N–H and O–H groups in total. The van der Waals surface area contributed by atoms with E-state index < -0.39 is 6.61 Å². The van der Waals surface area contributed by atoms with Crippen LogP contribution in [0, 0.1) is 0 Å². The average Bonchev–Trinajstić information content (AvgIpc) is 3.15. The zero-order valence-corrected chi connectivity index (χ0v) is 13.9. The summed E-state index contributed by atoms with van der Waals surface area (Å²) in [5, 5.41) is 18.8. The third-order valence-corrected chi connectivity index (χ3v) is 3.93. The van der Waals surface area contributed by atoms with Gasteiger partial charge in [0.1, 0.15) is 11.6 Å². The molecule has 0 amide bonds. The van der Waals surface area contributed by atoms with Crippen LogP contribution in [0.15, 0.2) is 66.7 Å². The molecule has 0 saturated carbocycles. The monoisotopic (exact) mass is 368 g/mol. The Morgan fingerprint density at radius 3 is 2.37 bits per heavy atom. The fourth-order valence-corrected chi connectivity index (χ4v) is 2.72. The van der Waals surface area contributed by atoms with Crippen LogP contribution in [0.3, 0.4) is 0 Å². The Balaban J connectivity index is 1.66. The van der Waals surface area contributed by atoms with Gasteiger partial charge in [-0.05, 0) is 45.8 Å². The smallest absolute Gasteiger partial charge is 0.387 e. The number of fused-ring (bicyclic) bond motifs is 1. The molecule has 0 radical (unpaired) electrons. The Morgan fingerprint density at radius 1 is 0.889 bits per heavy atom. The fraction of sp³-hybridized carbons (Fsp3) is 0.111. The largest absolute Gasteiger partial charge is 0.435 e. The van der Waals surface area contributed by atoms with Crippen molar-refractivity contribution in [1.82, 2.24) is 25.3 Å². The van der Waals surface area contributed by atoms with Crippen LogP contribution >= 0.6 is 0 Å². The van der Waals surface area contributed by atoms with E-state index in [1.165, 1.54) is 16.8 Å². The first-order valence-corrected chi connectivity index (χ1v) is 8.11. The van der Waals surface area contributed by atoms with E-state index in [2.05, 4.69) is 30.7 Å². The number of rotatable bonds is 6. The van der Waals surface area contributed by atoms with E-state index in [1.54, 1.807) is 24.3 Å². The summed E-state index contributed by atoms with van der Waals surface area (Å²) >= 11 is 0. The van der Waals surface area contributed by atoms with Crippen LogP contribution in [0.5, 0.6) is 5.75 Å². The predicted molar refractivity (Wildman–Crippen MR) is 93.6 cm³/mol. The van der Waals surface area contributed by atoms with Crippen LogP contribution < -0.4 is 10.1 Å². The number of nitrogens with zero attached hydrogens (tertiary/aromatic N) is 5. The number of tetrazole rings is 1. The van der Waals surface area contributed by atoms with E-state index in [0.717, 1.165) is 11.1 Å². The Bertz CT molecular complexity index is 1020. The third kappa shape index (κ3) is 3.81. The van der Waals surface area contributed by atoms with Gasteiger partial charge in [0.15, 0.2) is 5.65 Å². The highest BCUT2D eigenvalue weighted by Crippen LogP contribution is 2.27. The lowest BCUT2D eigenvalue weighted by Crippen LogP contribution is -2.14. The van der Waals surface area contributed by atoms with Gasteiger partial charge >= 0.3 is 6.61 Å². The lowest BCUT2D eigenvalue weighted by atomic mass is 9.98. The molecule has 1 atom stereocenters. The van der Waals surface area contributed by atoms with E-state index in [-0.39, 0.29) is 11.8 Å². The topological polar surface area (TPSA) is 77.2 Å². The second kappa shape index (κ2) is 7.32. The lowest BCUT2D eigenvalue weighted by molar-refractivity contribution is -0.0498. The minimum atomic E-state index is -2.86. The molecular weight excluding hydrogens is 354 g/mol. The molecule has 2 heterocycles. The first-order valence-electron chi connectivity index (χ1n) is 8.11. The normalized spacial score (nSPS) is 12.3. The van der Waals surface area contributed by atoms with Gasteiger partial charge in [0.05, 0.1) is 6.04 Å². The lowest BCUT2D eigenvalue weighted by Gasteiger charge is -2.20. The van der Waals surface area contributed by atoms with E-state index in [9.17, 15) is 8.78 Å². The van der Waals surface area contributed by atoms with Crippen molar-refractivity contribution in [2.45, 2.75) is 12.7 Å². The Kier molecular flexibility index (Phi) is 4.56. The third-order valence-electron chi connectivity index (χ3n) is 3.93. The highest BCUT2D eigenvalue weighted by molar-refractivity contribution is 5.47. The minimum absolute atomic E-state index is 0.105.